The van der Waals surface area contributed by atoms with Crippen LogP contribution in [-0.2, 0) is 14.3 Å². The maximum Gasteiger partial charge on any atom is 0.302 e. The first-order valence-corrected chi connectivity index (χ1v) is 5.21. The van der Waals surface area contributed by atoms with E-state index in [0.29, 0.717) is 6.61 Å². The van der Waals surface area contributed by atoms with Crippen molar-refractivity contribution in [2.75, 3.05) is 26.3 Å². The van der Waals surface area contributed by atoms with Gasteiger partial charge in [0, 0.05) is 20.0 Å². The SMILES string of the molecule is CC(O)C1CNCCO1.CCOC(C)=O. The lowest BCUT2D eigenvalue weighted by Gasteiger charge is -2.25. The fourth-order valence-corrected chi connectivity index (χ4v) is 1.10. The molecule has 1 aliphatic heterocycles. The first-order valence-electron chi connectivity index (χ1n) is 5.21. The van der Waals surface area contributed by atoms with E-state index in [4.69, 9.17) is 9.84 Å². The molecular formula is C10H21NO4. The van der Waals surface area contributed by atoms with Crippen molar-refractivity contribution in [3.05, 3.63) is 0 Å². The number of hydrogen-bond acceptors (Lipinski definition) is 5. The summed E-state index contributed by atoms with van der Waals surface area (Å²) in [7, 11) is 0. The van der Waals surface area contributed by atoms with Crippen molar-refractivity contribution in [2.24, 2.45) is 0 Å². The lowest BCUT2D eigenvalue weighted by atomic mass is 10.2. The second kappa shape index (κ2) is 8.64. The molecule has 0 aromatic heterocycles. The Bertz CT molecular complexity index is 167. The van der Waals surface area contributed by atoms with Crippen molar-refractivity contribution >= 4 is 5.97 Å². The molecule has 0 saturated carbocycles. The molecule has 90 valence electrons. The summed E-state index contributed by atoms with van der Waals surface area (Å²) in [4.78, 5) is 9.82. The van der Waals surface area contributed by atoms with Gasteiger partial charge in [-0.25, -0.2) is 0 Å². The molecule has 1 fully saturated rings. The minimum absolute atomic E-state index is 0.00116. The van der Waals surface area contributed by atoms with Gasteiger partial charge in [-0.2, -0.15) is 0 Å². The molecule has 1 rings (SSSR count). The van der Waals surface area contributed by atoms with Gasteiger partial charge >= 0.3 is 5.97 Å². The maximum atomic E-state index is 9.82. The van der Waals surface area contributed by atoms with Crippen molar-refractivity contribution < 1.29 is 19.4 Å². The Labute approximate surface area is 90.8 Å². The highest BCUT2D eigenvalue weighted by molar-refractivity contribution is 5.65. The van der Waals surface area contributed by atoms with Crippen LogP contribution < -0.4 is 5.32 Å². The Balaban J connectivity index is 0.000000288. The Morgan fingerprint density at radius 1 is 1.73 bits per heavy atom. The number of esters is 1. The highest BCUT2D eigenvalue weighted by atomic mass is 16.5. The lowest BCUT2D eigenvalue weighted by Crippen LogP contribution is -2.43. The van der Waals surface area contributed by atoms with Gasteiger partial charge in [-0.15, -0.1) is 0 Å². The first kappa shape index (κ1) is 14.3. The number of hydrogen-bond donors (Lipinski definition) is 2. The molecule has 1 heterocycles. The highest BCUT2D eigenvalue weighted by Crippen LogP contribution is 2.00. The minimum Gasteiger partial charge on any atom is -0.466 e. The van der Waals surface area contributed by atoms with E-state index in [9.17, 15) is 4.79 Å². The standard InChI is InChI=1S/C6H13NO2.C4H8O2/c1-5(8)6-4-7-2-3-9-6;1-3-6-4(2)5/h5-8H,2-4H2,1H3;3H2,1-2H3. The van der Waals surface area contributed by atoms with Gasteiger partial charge in [0.2, 0.25) is 0 Å². The fourth-order valence-electron chi connectivity index (χ4n) is 1.10. The second-order valence-electron chi connectivity index (χ2n) is 3.28. The van der Waals surface area contributed by atoms with Gasteiger partial charge in [-0.3, -0.25) is 4.79 Å². The zero-order valence-electron chi connectivity index (χ0n) is 9.66. The number of rotatable bonds is 2. The predicted molar refractivity (Wildman–Crippen MR) is 56.6 cm³/mol. The van der Waals surface area contributed by atoms with Crippen LogP contribution in [0.15, 0.2) is 0 Å². The van der Waals surface area contributed by atoms with E-state index in [1.165, 1.54) is 6.92 Å². The quantitative estimate of drug-likeness (QED) is 0.636. The maximum absolute atomic E-state index is 9.82. The molecule has 0 aromatic carbocycles. The molecule has 0 aliphatic carbocycles. The summed E-state index contributed by atoms with van der Waals surface area (Å²) in [5, 5.41) is 12.1. The van der Waals surface area contributed by atoms with Crippen LogP contribution in [0.3, 0.4) is 0 Å². The monoisotopic (exact) mass is 219 g/mol. The van der Waals surface area contributed by atoms with Gasteiger partial charge in [0.05, 0.1) is 25.4 Å². The predicted octanol–water partition coefficient (Wildman–Crippen LogP) is -0.0750. The third-order valence-corrected chi connectivity index (χ3v) is 1.84. The van der Waals surface area contributed by atoms with Crippen LogP contribution in [-0.4, -0.2) is 49.6 Å². The summed E-state index contributed by atoms with van der Waals surface area (Å²) in [6.45, 7) is 7.80. The number of aliphatic hydroxyl groups is 1. The molecule has 1 aliphatic rings. The molecule has 0 radical (unpaired) electrons. The van der Waals surface area contributed by atoms with Gasteiger partial charge in [-0.05, 0) is 13.8 Å². The fraction of sp³-hybridized carbons (Fsp3) is 0.900. The number of nitrogens with one attached hydrogen (secondary N) is 1. The van der Waals surface area contributed by atoms with Gasteiger partial charge in [0.15, 0.2) is 0 Å². The zero-order valence-corrected chi connectivity index (χ0v) is 9.66. The van der Waals surface area contributed by atoms with Crippen molar-refractivity contribution in [3.63, 3.8) is 0 Å². The summed E-state index contributed by atoms with van der Waals surface area (Å²) < 4.78 is 9.63. The number of aliphatic hydroxyl groups excluding tert-OH is 1. The van der Waals surface area contributed by atoms with Crippen LogP contribution in [0.5, 0.6) is 0 Å². The van der Waals surface area contributed by atoms with Crippen LogP contribution in [0.25, 0.3) is 0 Å². The topological polar surface area (TPSA) is 67.8 Å². The van der Waals surface area contributed by atoms with E-state index >= 15 is 0 Å². The van der Waals surface area contributed by atoms with Crippen LogP contribution in [0.4, 0.5) is 0 Å². The summed E-state index contributed by atoms with van der Waals surface area (Å²) in [5.41, 5.74) is 0. The van der Waals surface area contributed by atoms with E-state index in [1.807, 2.05) is 0 Å². The third-order valence-electron chi connectivity index (χ3n) is 1.84. The molecule has 0 aromatic rings. The van der Waals surface area contributed by atoms with E-state index in [0.717, 1.165) is 19.7 Å². The van der Waals surface area contributed by atoms with Crippen LogP contribution in [0.1, 0.15) is 20.8 Å². The van der Waals surface area contributed by atoms with E-state index in [2.05, 4.69) is 10.1 Å². The van der Waals surface area contributed by atoms with Crippen LogP contribution in [0, 0.1) is 0 Å². The van der Waals surface area contributed by atoms with Gasteiger partial charge in [0.1, 0.15) is 0 Å². The molecule has 2 atom stereocenters. The summed E-state index contributed by atoms with van der Waals surface area (Å²) >= 11 is 0. The van der Waals surface area contributed by atoms with Crippen molar-refractivity contribution in [1.82, 2.24) is 5.32 Å². The highest BCUT2D eigenvalue weighted by Gasteiger charge is 2.17. The zero-order chi connectivity index (χ0) is 11.7. The molecule has 2 unspecified atom stereocenters. The molecule has 2 N–H and O–H groups in total. The Kier molecular flexibility index (Phi) is 8.27. The largest absolute Gasteiger partial charge is 0.466 e. The lowest BCUT2D eigenvalue weighted by molar-refractivity contribution is -0.140. The average Bonchev–Trinajstić information content (AvgIpc) is 2.20. The molecule has 5 nitrogen and oxygen atoms in total. The summed E-state index contributed by atoms with van der Waals surface area (Å²) in [6, 6.07) is 0. The molecule has 0 spiro atoms. The molecule has 1 saturated heterocycles. The van der Waals surface area contributed by atoms with E-state index in [-0.39, 0.29) is 18.2 Å². The van der Waals surface area contributed by atoms with Crippen LogP contribution >= 0.6 is 0 Å². The first-order chi connectivity index (χ1) is 7.07. The number of carbonyl (C=O) groups excluding carboxylic acids is 1. The molecular weight excluding hydrogens is 198 g/mol. The van der Waals surface area contributed by atoms with Crippen molar-refractivity contribution in [3.8, 4) is 0 Å². The van der Waals surface area contributed by atoms with Gasteiger partial charge in [-0.1, -0.05) is 0 Å². The smallest absolute Gasteiger partial charge is 0.302 e. The summed E-state index contributed by atoms with van der Waals surface area (Å²) in [6.07, 6.45) is -0.350. The molecule has 5 heteroatoms. The second-order valence-corrected chi connectivity index (χ2v) is 3.28. The third kappa shape index (κ3) is 8.35. The average molecular weight is 219 g/mol. The normalized spacial score (nSPS) is 22.3. The van der Waals surface area contributed by atoms with Gasteiger partial charge < -0.3 is 19.9 Å². The van der Waals surface area contributed by atoms with Crippen LogP contribution in [0.2, 0.25) is 0 Å². The molecule has 15 heavy (non-hydrogen) atoms. The number of morpholine rings is 1. The Hall–Kier alpha value is -0.650. The molecule has 0 amide bonds. The number of carbonyl (C=O) groups is 1. The molecule has 0 bridgehead atoms. The van der Waals surface area contributed by atoms with E-state index in [1.54, 1.807) is 13.8 Å². The van der Waals surface area contributed by atoms with Gasteiger partial charge in [0.25, 0.3) is 0 Å². The minimum atomic E-state index is -0.349. The van der Waals surface area contributed by atoms with Crippen molar-refractivity contribution in [1.29, 1.82) is 0 Å². The van der Waals surface area contributed by atoms with E-state index < -0.39 is 0 Å². The summed E-state index contributed by atoms with van der Waals surface area (Å²) in [5.74, 6) is -0.211. The number of ether oxygens (including phenoxy) is 2. The Morgan fingerprint density at radius 2 is 2.40 bits per heavy atom. The van der Waals surface area contributed by atoms with Crippen molar-refractivity contribution in [2.45, 2.75) is 33.0 Å². The Morgan fingerprint density at radius 3 is 2.60 bits per heavy atom.